The van der Waals surface area contributed by atoms with Crippen LogP contribution in [0.25, 0.3) is 0 Å². The fourth-order valence-corrected chi connectivity index (χ4v) is 3.79. The number of nitrogens with zero attached hydrogens (tertiary/aromatic N) is 2. The Balaban J connectivity index is 1.88. The molecule has 0 spiro atoms. The summed E-state index contributed by atoms with van der Waals surface area (Å²) in [5, 5.41) is 9.41. The minimum atomic E-state index is -0.753. The van der Waals surface area contributed by atoms with E-state index in [2.05, 4.69) is 12.1 Å². The van der Waals surface area contributed by atoms with Gasteiger partial charge in [-0.25, -0.2) is 0 Å². The van der Waals surface area contributed by atoms with Gasteiger partial charge in [-0.2, -0.15) is 5.26 Å². The molecule has 2 aliphatic rings. The summed E-state index contributed by atoms with van der Waals surface area (Å²) in [5.74, 6) is -0.822. The number of Topliss-reactive ketones (excluding diaryl/α,β-unsaturated/α-hetero) is 1. The SMILES string of the molecule is CC1CC(C#N)N(C(=O)C(CC2=CC=CCC2)C(=O)c2ccccc2)C1. The molecule has 1 amide bonds. The molecule has 3 rings (SSSR count). The molecule has 1 heterocycles. The molecule has 1 aromatic rings. The lowest BCUT2D eigenvalue weighted by molar-refractivity contribution is -0.134. The number of allylic oxidation sites excluding steroid dienone is 4. The zero-order valence-corrected chi connectivity index (χ0v) is 15.1. The van der Waals surface area contributed by atoms with Gasteiger partial charge in [-0.1, -0.05) is 61.1 Å². The second kappa shape index (κ2) is 8.14. The Hall–Kier alpha value is -2.67. The van der Waals surface area contributed by atoms with Gasteiger partial charge in [0.25, 0.3) is 0 Å². The minimum absolute atomic E-state index is 0.151. The van der Waals surface area contributed by atoms with Gasteiger partial charge in [-0.15, -0.1) is 0 Å². The summed E-state index contributed by atoms with van der Waals surface area (Å²) < 4.78 is 0. The van der Waals surface area contributed by atoms with Crippen molar-refractivity contribution >= 4 is 11.7 Å². The first kappa shape index (κ1) is 18.1. The molecule has 0 aromatic heterocycles. The van der Waals surface area contributed by atoms with Gasteiger partial charge < -0.3 is 4.90 Å². The highest BCUT2D eigenvalue weighted by Crippen LogP contribution is 2.29. The number of likely N-dealkylation sites (tertiary alicyclic amines) is 1. The van der Waals surface area contributed by atoms with Crippen molar-refractivity contribution in [2.45, 2.75) is 38.6 Å². The summed E-state index contributed by atoms with van der Waals surface area (Å²) >= 11 is 0. The molecule has 0 bridgehead atoms. The summed E-state index contributed by atoms with van der Waals surface area (Å²) in [6, 6.07) is 10.8. The van der Waals surface area contributed by atoms with Crippen LogP contribution >= 0.6 is 0 Å². The number of hydrogen-bond donors (Lipinski definition) is 0. The quantitative estimate of drug-likeness (QED) is 0.599. The highest BCUT2D eigenvalue weighted by Gasteiger charge is 2.39. The van der Waals surface area contributed by atoms with Crippen LogP contribution in [0.1, 0.15) is 43.0 Å². The molecule has 4 nitrogen and oxygen atoms in total. The van der Waals surface area contributed by atoms with Crippen molar-refractivity contribution in [3.63, 3.8) is 0 Å². The molecule has 0 radical (unpaired) electrons. The van der Waals surface area contributed by atoms with Crippen LogP contribution in [-0.2, 0) is 4.79 Å². The number of nitriles is 1. The predicted octanol–water partition coefficient (Wildman–Crippen LogP) is 3.91. The molecule has 1 aromatic carbocycles. The maximum atomic E-state index is 13.3. The van der Waals surface area contributed by atoms with Crippen molar-refractivity contribution in [2.75, 3.05) is 6.54 Å². The summed E-state index contributed by atoms with van der Waals surface area (Å²) in [4.78, 5) is 28.0. The van der Waals surface area contributed by atoms with Crippen molar-refractivity contribution < 1.29 is 9.59 Å². The maximum Gasteiger partial charge on any atom is 0.234 e. The van der Waals surface area contributed by atoms with Crippen molar-refractivity contribution in [3.8, 4) is 6.07 Å². The normalized spacial score (nSPS) is 23.2. The van der Waals surface area contributed by atoms with Gasteiger partial charge in [0, 0.05) is 12.1 Å². The molecule has 4 heteroatoms. The molecule has 1 aliphatic heterocycles. The minimum Gasteiger partial charge on any atom is -0.326 e. The molecular formula is C22H24N2O2. The molecule has 26 heavy (non-hydrogen) atoms. The Morgan fingerprint density at radius 2 is 2.08 bits per heavy atom. The number of hydrogen-bond acceptors (Lipinski definition) is 3. The standard InChI is InChI=1S/C22H24N2O2/c1-16-12-19(14-23)24(15-16)22(26)20(13-17-8-4-2-5-9-17)21(25)18-10-6-3-7-11-18/h2-4,6-8,10-11,16,19-20H,5,9,12-13,15H2,1H3. The van der Waals surface area contributed by atoms with Crippen LogP contribution < -0.4 is 0 Å². The zero-order valence-electron chi connectivity index (χ0n) is 15.1. The van der Waals surface area contributed by atoms with Gasteiger partial charge in [-0.3, -0.25) is 9.59 Å². The molecule has 1 aliphatic carbocycles. The van der Waals surface area contributed by atoms with Crippen LogP contribution in [0.4, 0.5) is 0 Å². The average molecular weight is 348 g/mol. The molecule has 134 valence electrons. The average Bonchev–Trinajstić information content (AvgIpc) is 3.07. The molecule has 3 atom stereocenters. The Labute approximate surface area is 154 Å². The van der Waals surface area contributed by atoms with Gasteiger partial charge >= 0.3 is 0 Å². The fourth-order valence-electron chi connectivity index (χ4n) is 3.79. The zero-order chi connectivity index (χ0) is 18.5. The third kappa shape index (κ3) is 3.94. The van der Waals surface area contributed by atoms with Gasteiger partial charge in [0.2, 0.25) is 5.91 Å². The Morgan fingerprint density at radius 3 is 2.73 bits per heavy atom. The number of carbonyl (C=O) groups is 2. The largest absolute Gasteiger partial charge is 0.326 e. The Morgan fingerprint density at radius 1 is 1.31 bits per heavy atom. The number of benzene rings is 1. The molecule has 3 unspecified atom stereocenters. The van der Waals surface area contributed by atoms with Crippen molar-refractivity contribution in [1.82, 2.24) is 4.90 Å². The smallest absolute Gasteiger partial charge is 0.234 e. The van der Waals surface area contributed by atoms with Crippen LogP contribution in [0.15, 0.2) is 54.1 Å². The lowest BCUT2D eigenvalue weighted by Gasteiger charge is -2.26. The Bertz CT molecular complexity index is 773. The van der Waals surface area contributed by atoms with Crippen LogP contribution in [0.5, 0.6) is 0 Å². The first-order valence-electron chi connectivity index (χ1n) is 9.24. The topological polar surface area (TPSA) is 61.2 Å². The van der Waals surface area contributed by atoms with Gasteiger partial charge in [-0.05, 0) is 31.6 Å². The molecule has 1 saturated heterocycles. The van der Waals surface area contributed by atoms with E-state index >= 15 is 0 Å². The maximum absolute atomic E-state index is 13.3. The molecule has 0 N–H and O–H groups in total. The lowest BCUT2D eigenvalue weighted by atomic mass is 9.87. The third-order valence-corrected chi connectivity index (χ3v) is 5.18. The second-order valence-corrected chi connectivity index (χ2v) is 7.26. The van der Waals surface area contributed by atoms with Gasteiger partial charge in [0.1, 0.15) is 12.0 Å². The van der Waals surface area contributed by atoms with E-state index in [4.69, 9.17) is 0 Å². The first-order chi connectivity index (χ1) is 12.6. The summed E-state index contributed by atoms with van der Waals surface area (Å²) in [6.07, 6.45) is 9.02. The monoisotopic (exact) mass is 348 g/mol. The summed E-state index contributed by atoms with van der Waals surface area (Å²) in [6.45, 7) is 2.59. The van der Waals surface area contributed by atoms with E-state index in [1.807, 2.05) is 37.3 Å². The number of rotatable bonds is 5. The van der Waals surface area contributed by atoms with E-state index in [1.165, 1.54) is 0 Å². The van der Waals surface area contributed by atoms with E-state index in [-0.39, 0.29) is 17.6 Å². The number of ketones is 1. The van der Waals surface area contributed by atoms with Crippen molar-refractivity contribution in [2.24, 2.45) is 11.8 Å². The predicted molar refractivity (Wildman–Crippen MR) is 100 cm³/mol. The molecule has 0 saturated carbocycles. The molecule has 1 fully saturated rings. The highest BCUT2D eigenvalue weighted by atomic mass is 16.2. The second-order valence-electron chi connectivity index (χ2n) is 7.26. The van der Waals surface area contributed by atoms with Crippen molar-refractivity contribution in [1.29, 1.82) is 5.26 Å². The Kier molecular flexibility index (Phi) is 5.68. The fraction of sp³-hybridized carbons (Fsp3) is 0.409. The number of amides is 1. The molecular weight excluding hydrogens is 324 g/mol. The van der Waals surface area contributed by atoms with Gasteiger partial charge in [0.15, 0.2) is 5.78 Å². The summed E-state index contributed by atoms with van der Waals surface area (Å²) in [5.41, 5.74) is 1.68. The van der Waals surface area contributed by atoms with Crippen LogP contribution in [0, 0.1) is 23.2 Å². The number of carbonyl (C=O) groups excluding carboxylic acids is 2. The van der Waals surface area contributed by atoms with E-state index < -0.39 is 12.0 Å². The van der Waals surface area contributed by atoms with Crippen molar-refractivity contribution in [3.05, 3.63) is 59.7 Å². The third-order valence-electron chi connectivity index (χ3n) is 5.18. The van der Waals surface area contributed by atoms with E-state index in [9.17, 15) is 14.9 Å². The van der Waals surface area contributed by atoms with E-state index in [0.717, 1.165) is 18.4 Å². The van der Waals surface area contributed by atoms with Gasteiger partial charge in [0.05, 0.1) is 6.07 Å². The van der Waals surface area contributed by atoms with Crippen LogP contribution in [0.3, 0.4) is 0 Å². The van der Waals surface area contributed by atoms with E-state index in [1.54, 1.807) is 17.0 Å². The van der Waals surface area contributed by atoms with Crippen LogP contribution in [0.2, 0.25) is 0 Å². The van der Waals surface area contributed by atoms with E-state index in [0.29, 0.717) is 24.9 Å². The first-order valence-corrected chi connectivity index (χ1v) is 9.24. The lowest BCUT2D eigenvalue weighted by Crippen LogP contribution is -2.42. The van der Waals surface area contributed by atoms with Crippen LogP contribution in [-0.4, -0.2) is 29.2 Å². The summed E-state index contributed by atoms with van der Waals surface area (Å²) in [7, 11) is 0. The highest BCUT2D eigenvalue weighted by molar-refractivity contribution is 6.10.